The number of carbonyl (C=O) groups is 1. The van der Waals surface area contributed by atoms with Gasteiger partial charge in [-0.2, -0.15) is 0 Å². The molecular formula is C14H17ClN4O3. The molecule has 0 atom stereocenters. The van der Waals surface area contributed by atoms with Crippen LogP contribution in [0.25, 0.3) is 5.65 Å². The smallest absolute Gasteiger partial charge is 0.311 e. The average molecular weight is 325 g/mol. The SMILES string of the molecule is CCOC(=O)Cc1cn2cc(Cl)nc(N3CCOCC3)c2n1. The van der Waals surface area contributed by atoms with E-state index in [1.807, 2.05) is 0 Å². The molecule has 1 fully saturated rings. The highest BCUT2D eigenvalue weighted by Crippen LogP contribution is 2.23. The number of carbonyl (C=O) groups excluding carboxylic acids is 1. The number of nitrogens with zero attached hydrogens (tertiary/aromatic N) is 4. The molecule has 0 saturated carbocycles. The molecular weight excluding hydrogens is 308 g/mol. The molecule has 0 aromatic carbocycles. The van der Waals surface area contributed by atoms with Crippen molar-refractivity contribution < 1.29 is 14.3 Å². The molecule has 0 amide bonds. The van der Waals surface area contributed by atoms with E-state index in [1.165, 1.54) is 0 Å². The molecule has 8 heteroatoms. The second kappa shape index (κ2) is 6.50. The number of esters is 1. The number of fused-ring (bicyclic) bond motifs is 1. The van der Waals surface area contributed by atoms with Gasteiger partial charge in [0.2, 0.25) is 0 Å². The van der Waals surface area contributed by atoms with Crippen LogP contribution >= 0.6 is 11.6 Å². The van der Waals surface area contributed by atoms with E-state index in [1.54, 1.807) is 23.7 Å². The summed E-state index contributed by atoms with van der Waals surface area (Å²) in [5.74, 6) is 0.420. The highest BCUT2D eigenvalue weighted by atomic mass is 35.5. The van der Waals surface area contributed by atoms with Crippen LogP contribution in [0.4, 0.5) is 5.82 Å². The minimum atomic E-state index is -0.294. The van der Waals surface area contributed by atoms with Crippen LogP contribution in [0.5, 0.6) is 0 Å². The summed E-state index contributed by atoms with van der Waals surface area (Å²) < 4.78 is 12.1. The summed E-state index contributed by atoms with van der Waals surface area (Å²) in [4.78, 5) is 22.6. The van der Waals surface area contributed by atoms with Crippen molar-refractivity contribution in [3.8, 4) is 0 Å². The zero-order valence-electron chi connectivity index (χ0n) is 12.3. The summed E-state index contributed by atoms with van der Waals surface area (Å²) >= 11 is 6.10. The second-order valence-electron chi connectivity index (χ2n) is 4.93. The highest BCUT2D eigenvalue weighted by Gasteiger charge is 2.19. The molecule has 3 rings (SSSR count). The maximum Gasteiger partial charge on any atom is 0.311 e. The number of anilines is 1. The molecule has 1 aliphatic rings. The molecule has 0 N–H and O–H groups in total. The number of halogens is 1. The fourth-order valence-corrected chi connectivity index (χ4v) is 2.62. The van der Waals surface area contributed by atoms with Gasteiger partial charge in [-0.25, -0.2) is 9.97 Å². The van der Waals surface area contributed by atoms with Gasteiger partial charge in [-0.1, -0.05) is 11.6 Å². The van der Waals surface area contributed by atoms with Gasteiger partial charge >= 0.3 is 5.97 Å². The number of morpholine rings is 1. The predicted molar refractivity (Wildman–Crippen MR) is 81.4 cm³/mol. The first-order valence-electron chi connectivity index (χ1n) is 7.20. The molecule has 0 bridgehead atoms. The Morgan fingerprint density at radius 3 is 2.86 bits per heavy atom. The van der Waals surface area contributed by atoms with E-state index >= 15 is 0 Å². The van der Waals surface area contributed by atoms with Crippen molar-refractivity contribution in [1.29, 1.82) is 0 Å². The van der Waals surface area contributed by atoms with Crippen LogP contribution < -0.4 is 4.90 Å². The van der Waals surface area contributed by atoms with E-state index in [0.717, 1.165) is 13.1 Å². The summed E-state index contributed by atoms with van der Waals surface area (Å²) in [6, 6.07) is 0. The Kier molecular flexibility index (Phi) is 4.44. The van der Waals surface area contributed by atoms with Crippen LogP contribution in [0.3, 0.4) is 0 Å². The molecule has 0 aliphatic carbocycles. The van der Waals surface area contributed by atoms with Gasteiger partial charge in [-0.05, 0) is 6.92 Å². The van der Waals surface area contributed by atoms with Gasteiger partial charge < -0.3 is 18.8 Å². The zero-order chi connectivity index (χ0) is 15.5. The quantitative estimate of drug-likeness (QED) is 0.790. The summed E-state index contributed by atoms with van der Waals surface area (Å²) in [5, 5.41) is 0.383. The third-order valence-corrected chi connectivity index (χ3v) is 3.56. The Balaban J connectivity index is 1.94. The Bertz CT molecular complexity index is 682. The van der Waals surface area contributed by atoms with E-state index in [2.05, 4.69) is 14.9 Å². The first-order chi connectivity index (χ1) is 10.7. The minimum Gasteiger partial charge on any atom is -0.466 e. The van der Waals surface area contributed by atoms with Crippen molar-refractivity contribution in [2.45, 2.75) is 13.3 Å². The largest absolute Gasteiger partial charge is 0.466 e. The lowest BCUT2D eigenvalue weighted by atomic mass is 10.3. The second-order valence-corrected chi connectivity index (χ2v) is 5.32. The molecule has 0 unspecified atom stereocenters. The van der Waals surface area contributed by atoms with Crippen molar-refractivity contribution in [1.82, 2.24) is 14.4 Å². The maximum absolute atomic E-state index is 11.6. The molecule has 1 aliphatic heterocycles. The standard InChI is InChI=1S/C14H17ClN4O3/c1-2-22-12(20)7-10-8-19-9-11(15)17-14(13(19)16-10)18-3-5-21-6-4-18/h8-9H,2-7H2,1H3. The first kappa shape index (κ1) is 15.1. The fraction of sp³-hybridized carbons (Fsp3) is 0.500. The lowest BCUT2D eigenvalue weighted by molar-refractivity contribution is -0.142. The number of ether oxygens (including phenoxy) is 2. The van der Waals surface area contributed by atoms with Crippen molar-refractivity contribution in [3.05, 3.63) is 23.2 Å². The molecule has 2 aromatic heterocycles. The van der Waals surface area contributed by atoms with E-state index < -0.39 is 0 Å². The van der Waals surface area contributed by atoms with E-state index in [0.29, 0.717) is 42.1 Å². The first-order valence-corrected chi connectivity index (χ1v) is 7.57. The van der Waals surface area contributed by atoms with Crippen molar-refractivity contribution >= 4 is 29.0 Å². The molecule has 1 saturated heterocycles. The number of hydrogen-bond donors (Lipinski definition) is 0. The predicted octanol–water partition coefficient (Wildman–Crippen LogP) is 1.32. The zero-order valence-corrected chi connectivity index (χ0v) is 13.0. The minimum absolute atomic E-state index is 0.135. The van der Waals surface area contributed by atoms with Gasteiger partial charge in [0.25, 0.3) is 0 Å². The molecule has 0 radical (unpaired) electrons. The molecule has 0 spiro atoms. The summed E-state index contributed by atoms with van der Waals surface area (Å²) in [6.45, 7) is 4.92. The lowest BCUT2D eigenvalue weighted by Gasteiger charge is -2.27. The van der Waals surface area contributed by atoms with Gasteiger partial charge in [0.05, 0.1) is 31.9 Å². The maximum atomic E-state index is 11.6. The summed E-state index contributed by atoms with van der Waals surface area (Å²) in [7, 11) is 0. The molecule has 118 valence electrons. The van der Waals surface area contributed by atoms with Gasteiger partial charge in [0, 0.05) is 25.5 Å². The highest BCUT2D eigenvalue weighted by molar-refractivity contribution is 6.29. The molecule has 3 heterocycles. The lowest BCUT2D eigenvalue weighted by Crippen LogP contribution is -2.37. The van der Waals surface area contributed by atoms with Gasteiger partial charge in [0.1, 0.15) is 5.15 Å². The summed E-state index contributed by atoms with van der Waals surface area (Å²) in [6.07, 6.45) is 3.60. The Morgan fingerprint density at radius 1 is 1.36 bits per heavy atom. The van der Waals surface area contributed by atoms with Crippen molar-refractivity contribution in [2.24, 2.45) is 0 Å². The number of imidazole rings is 1. The van der Waals surface area contributed by atoms with Gasteiger partial charge in [-0.3, -0.25) is 4.79 Å². The third kappa shape index (κ3) is 3.15. The van der Waals surface area contributed by atoms with Gasteiger partial charge in [0.15, 0.2) is 11.5 Å². The fourth-order valence-electron chi connectivity index (χ4n) is 2.44. The number of rotatable bonds is 4. The van der Waals surface area contributed by atoms with E-state index in [-0.39, 0.29) is 12.4 Å². The van der Waals surface area contributed by atoms with Crippen LogP contribution in [0.2, 0.25) is 5.15 Å². The topological polar surface area (TPSA) is 69.0 Å². The van der Waals surface area contributed by atoms with Crippen molar-refractivity contribution in [3.63, 3.8) is 0 Å². The number of hydrogen-bond acceptors (Lipinski definition) is 6. The van der Waals surface area contributed by atoms with Crippen LogP contribution in [0.15, 0.2) is 12.4 Å². The van der Waals surface area contributed by atoms with Gasteiger partial charge in [-0.15, -0.1) is 0 Å². The van der Waals surface area contributed by atoms with Crippen LogP contribution in [0.1, 0.15) is 12.6 Å². The van der Waals surface area contributed by atoms with Crippen LogP contribution in [0, 0.1) is 0 Å². The Morgan fingerprint density at radius 2 is 2.14 bits per heavy atom. The van der Waals surface area contributed by atoms with E-state index in [4.69, 9.17) is 21.1 Å². The monoisotopic (exact) mass is 324 g/mol. The van der Waals surface area contributed by atoms with E-state index in [9.17, 15) is 4.79 Å². The van der Waals surface area contributed by atoms with Crippen molar-refractivity contribution in [2.75, 3.05) is 37.8 Å². The molecule has 2 aromatic rings. The number of aromatic nitrogens is 3. The molecule has 7 nitrogen and oxygen atoms in total. The third-order valence-electron chi connectivity index (χ3n) is 3.38. The molecule has 22 heavy (non-hydrogen) atoms. The normalized spacial score (nSPS) is 15.3. The average Bonchev–Trinajstić information content (AvgIpc) is 2.89. The Labute approximate surface area is 132 Å². The van der Waals surface area contributed by atoms with Crippen LogP contribution in [-0.4, -0.2) is 53.2 Å². The summed E-state index contributed by atoms with van der Waals surface area (Å²) in [5.41, 5.74) is 1.32. The van der Waals surface area contributed by atoms with Crippen LogP contribution in [-0.2, 0) is 20.7 Å². The Hall–Kier alpha value is -1.86.